The number of hydrogen-bond donors (Lipinski definition) is 1. The van der Waals surface area contributed by atoms with Gasteiger partial charge in [0.1, 0.15) is 12.4 Å². The molecule has 0 saturated carbocycles. The minimum atomic E-state index is 0.0246. The van der Waals surface area contributed by atoms with Crippen LogP contribution in [-0.4, -0.2) is 37.2 Å². The first kappa shape index (κ1) is 18.3. The van der Waals surface area contributed by atoms with Crippen molar-refractivity contribution in [2.45, 2.75) is 26.2 Å². The maximum absolute atomic E-state index is 12.3. The van der Waals surface area contributed by atoms with Crippen molar-refractivity contribution in [1.82, 2.24) is 10.2 Å². The number of nitrogens with zero attached hydrogens (tertiary/aromatic N) is 1. The van der Waals surface area contributed by atoms with E-state index in [1.165, 1.54) is 5.56 Å². The molecule has 4 heteroatoms. The van der Waals surface area contributed by atoms with Gasteiger partial charge in [0.05, 0.1) is 6.54 Å². The summed E-state index contributed by atoms with van der Waals surface area (Å²) in [4.78, 5) is 14.2. The summed E-state index contributed by atoms with van der Waals surface area (Å²) in [5.41, 5.74) is 2.50. The Bertz CT molecular complexity index is 694. The van der Waals surface area contributed by atoms with Crippen LogP contribution in [0.1, 0.15) is 24.0 Å². The van der Waals surface area contributed by atoms with E-state index in [0.717, 1.165) is 43.7 Å². The molecule has 26 heavy (non-hydrogen) atoms. The van der Waals surface area contributed by atoms with Gasteiger partial charge in [-0.25, -0.2) is 4.79 Å². The van der Waals surface area contributed by atoms with E-state index in [1.807, 2.05) is 36.1 Å². The molecule has 1 N–H and O–H groups in total. The molecule has 0 spiro atoms. The number of hydrogen-bond acceptors (Lipinski definition) is 2. The van der Waals surface area contributed by atoms with Gasteiger partial charge in [-0.15, -0.1) is 0 Å². The zero-order chi connectivity index (χ0) is 18.2. The van der Waals surface area contributed by atoms with Crippen molar-refractivity contribution in [3.63, 3.8) is 0 Å². The molecule has 2 aromatic rings. The fourth-order valence-corrected chi connectivity index (χ4v) is 3.44. The van der Waals surface area contributed by atoms with E-state index in [0.29, 0.717) is 19.1 Å². The molecule has 3 rings (SSSR count). The summed E-state index contributed by atoms with van der Waals surface area (Å²) in [5.74, 6) is 1.55. The van der Waals surface area contributed by atoms with Crippen molar-refractivity contribution < 1.29 is 9.53 Å². The Hall–Kier alpha value is -2.49. The second kappa shape index (κ2) is 9.27. The fraction of sp³-hybridized carbons (Fsp3) is 0.409. The highest BCUT2D eigenvalue weighted by atomic mass is 16.5. The van der Waals surface area contributed by atoms with Gasteiger partial charge in [0.2, 0.25) is 0 Å². The molecule has 0 aliphatic carbocycles. The number of benzene rings is 2. The van der Waals surface area contributed by atoms with Crippen LogP contribution in [0.25, 0.3) is 0 Å². The Morgan fingerprint density at radius 3 is 2.50 bits per heavy atom. The van der Waals surface area contributed by atoms with Crippen molar-refractivity contribution >= 4 is 6.03 Å². The summed E-state index contributed by atoms with van der Waals surface area (Å²) in [6.45, 7) is 4.70. The average Bonchev–Trinajstić information content (AvgIpc) is 2.68. The second-order valence-corrected chi connectivity index (χ2v) is 6.97. The van der Waals surface area contributed by atoms with Gasteiger partial charge in [-0.3, -0.25) is 0 Å². The molecule has 1 saturated heterocycles. The Morgan fingerprint density at radius 2 is 1.77 bits per heavy atom. The maximum Gasteiger partial charge on any atom is 0.317 e. The molecule has 0 atom stereocenters. The molecule has 1 heterocycles. The maximum atomic E-state index is 12.3. The van der Waals surface area contributed by atoms with E-state index in [2.05, 4.69) is 35.6 Å². The summed E-state index contributed by atoms with van der Waals surface area (Å²) in [6.07, 6.45) is 3.25. The van der Waals surface area contributed by atoms with Crippen LogP contribution < -0.4 is 10.1 Å². The predicted octanol–water partition coefficient (Wildman–Crippen LogP) is 4.04. The third-order valence-corrected chi connectivity index (χ3v) is 5.00. The standard InChI is InChI=1S/C22H28N2O2/c1-18-7-5-6-10-21(18)26-16-13-23-22(25)24-14-11-20(12-15-24)17-19-8-3-2-4-9-19/h2-10,20H,11-17H2,1H3,(H,23,25). The summed E-state index contributed by atoms with van der Waals surface area (Å²) in [6, 6.07) is 18.6. The SMILES string of the molecule is Cc1ccccc1OCCNC(=O)N1CCC(Cc2ccccc2)CC1. The molecule has 0 unspecified atom stereocenters. The largest absolute Gasteiger partial charge is 0.491 e. The molecular formula is C22H28N2O2. The van der Waals surface area contributed by atoms with Crippen LogP contribution >= 0.6 is 0 Å². The average molecular weight is 352 g/mol. The number of para-hydroxylation sites is 1. The highest BCUT2D eigenvalue weighted by Crippen LogP contribution is 2.21. The third kappa shape index (κ3) is 5.25. The lowest BCUT2D eigenvalue weighted by molar-refractivity contribution is 0.168. The van der Waals surface area contributed by atoms with E-state index >= 15 is 0 Å². The summed E-state index contributed by atoms with van der Waals surface area (Å²) < 4.78 is 5.72. The zero-order valence-corrected chi connectivity index (χ0v) is 15.5. The zero-order valence-electron chi connectivity index (χ0n) is 15.5. The molecule has 2 aromatic carbocycles. The molecule has 0 radical (unpaired) electrons. The molecule has 138 valence electrons. The quantitative estimate of drug-likeness (QED) is 0.797. The minimum Gasteiger partial charge on any atom is -0.491 e. The first-order valence-corrected chi connectivity index (χ1v) is 9.47. The van der Waals surface area contributed by atoms with Gasteiger partial charge in [0.25, 0.3) is 0 Å². The summed E-state index contributed by atoms with van der Waals surface area (Å²) in [5, 5.41) is 2.97. The Balaban J connectivity index is 1.34. The smallest absolute Gasteiger partial charge is 0.317 e. The Morgan fingerprint density at radius 1 is 1.08 bits per heavy atom. The molecule has 4 nitrogen and oxygen atoms in total. The van der Waals surface area contributed by atoms with Crippen molar-refractivity contribution in [2.75, 3.05) is 26.2 Å². The molecule has 0 aromatic heterocycles. The minimum absolute atomic E-state index is 0.0246. The summed E-state index contributed by atoms with van der Waals surface area (Å²) >= 11 is 0. The molecular weight excluding hydrogens is 324 g/mol. The first-order valence-electron chi connectivity index (χ1n) is 9.47. The normalized spacial score (nSPS) is 14.9. The molecule has 1 aliphatic heterocycles. The number of urea groups is 1. The predicted molar refractivity (Wildman–Crippen MR) is 105 cm³/mol. The van der Waals surface area contributed by atoms with Gasteiger partial charge in [0, 0.05) is 13.1 Å². The van der Waals surface area contributed by atoms with Crippen LogP contribution in [0.15, 0.2) is 54.6 Å². The van der Waals surface area contributed by atoms with E-state index in [1.54, 1.807) is 0 Å². The lowest BCUT2D eigenvalue weighted by atomic mass is 9.90. The van der Waals surface area contributed by atoms with Crippen LogP contribution in [0.2, 0.25) is 0 Å². The van der Waals surface area contributed by atoms with Crippen molar-refractivity contribution in [2.24, 2.45) is 5.92 Å². The monoisotopic (exact) mass is 352 g/mol. The number of amides is 2. The van der Waals surface area contributed by atoms with Gasteiger partial charge < -0.3 is 15.0 Å². The van der Waals surface area contributed by atoms with Crippen LogP contribution in [0, 0.1) is 12.8 Å². The lowest BCUT2D eigenvalue weighted by Gasteiger charge is -2.32. The molecule has 1 fully saturated rings. The fourth-order valence-electron chi connectivity index (χ4n) is 3.44. The molecule has 1 aliphatic rings. The number of rotatable bonds is 6. The van der Waals surface area contributed by atoms with Crippen molar-refractivity contribution in [1.29, 1.82) is 0 Å². The van der Waals surface area contributed by atoms with E-state index in [-0.39, 0.29) is 6.03 Å². The van der Waals surface area contributed by atoms with Gasteiger partial charge in [-0.05, 0) is 49.3 Å². The topological polar surface area (TPSA) is 41.6 Å². The first-order chi connectivity index (χ1) is 12.7. The van der Waals surface area contributed by atoms with E-state index in [4.69, 9.17) is 4.74 Å². The number of nitrogens with one attached hydrogen (secondary N) is 1. The van der Waals surface area contributed by atoms with E-state index < -0.39 is 0 Å². The highest BCUT2D eigenvalue weighted by molar-refractivity contribution is 5.74. The number of ether oxygens (including phenoxy) is 1. The Kier molecular flexibility index (Phi) is 6.53. The van der Waals surface area contributed by atoms with Crippen LogP contribution in [-0.2, 0) is 6.42 Å². The van der Waals surface area contributed by atoms with Gasteiger partial charge >= 0.3 is 6.03 Å². The van der Waals surface area contributed by atoms with E-state index in [9.17, 15) is 4.79 Å². The number of carbonyl (C=O) groups excluding carboxylic acids is 1. The summed E-state index contributed by atoms with van der Waals surface area (Å²) in [7, 11) is 0. The van der Waals surface area contributed by atoms with Crippen LogP contribution in [0.5, 0.6) is 5.75 Å². The highest BCUT2D eigenvalue weighted by Gasteiger charge is 2.22. The van der Waals surface area contributed by atoms with Gasteiger partial charge in [-0.2, -0.15) is 0 Å². The lowest BCUT2D eigenvalue weighted by Crippen LogP contribution is -2.45. The molecule has 0 bridgehead atoms. The third-order valence-electron chi connectivity index (χ3n) is 5.00. The number of aryl methyl sites for hydroxylation is 1. The number of likely N-dealkylation sites (tertiary alicyclic amines) is 1. The Labute approximate surface area is 156 Å². The van der Waals surface area contributed by atoms with Crippen LogP contribution in [0.3, 0.4) is 0 Å². The number of carbonyl (C=O) groups is 1. The second-order valence-electron chi connectivity index (χ2n) is 6.97. The van der Waals surface area contributed by atoms with Crippen molar-refractivity contribution in [3.05, 3.63) is 65.7 Å². The van der Waals surface area contributed by atoms with Gasteiger partial charge in [-0.1, -0.05) is 48.5 Å². The van der Waals surface area contributed by atoms with Gasteiger partial charge in [0.15, 0.2) is 0 Å². The van der Waals surface area contributed by atoms with Crippen LogP contribution in [0.4, 0.5) is 4.79 Å². The van der Waals surface area contributed by atoms with Crippen molar-refractivity contribution in [3.8, 4) is 5.75 Å². The number of piperidine rings is 1. The molecule has 2 amide bonds.